The lowest BCUT2D eigenvalue weighted by molar-refractivity contribution is -0.164. The van der Waals surface area contributed by atoms with Crippen molar-refractivity contribution in [2.24, 2.45) is 11.3 Å². The maximum atomic E-state index is 12.8. The van der Waals surface area contributed by atoms with Crippen molar-refractivity contribution in [1.29, 1.82) is 0 Å². The second-order valence-corrected chi connectivity index (χ2v) is 9.11. The van der Waals surface area contributed by atoms with Gasteiger partial charge in [0, 0.05) is 20.0 Å². The lowest BCUT2D eigenvalue weighted by atomic mass is 9.98. The van der Waals surface area contributed by atoms with Crippen LogP contribution in [-0.4, -0.2) is 52.5 Å². The quantitative estimate of drug-likeness (QED) is 0.512. The Bertz CT molecular complexity index is 960. The third-order valence-electron chi connectivity index (χ3n) is 6.18. The van der Waals surface area contributed by atoms with Crippen molar-refractivity contribution >= 4 is 45.3 Å². The van der Waals surface area contributed by atoms with Crippen molar-refractivity contribution in [2.75, 3.05) is 19.4 Å². The first-order valence-corrected chi connectivity index (χ1v) is 10.2. The van der Waals surface area contributed by atoms with Crippen LogP contribution < -0.4 is 10.6 Å². The lowest BCUT2D eigenvalue weighted by Crippen LogP contribution is -2.40. The SMILES string of the molecule is CNC(=O)C12CC1[C@@H](n1cnc3c(NC)cc(I)nc31)[C@@H]1OC(C)(C)O[C@@H]12. The van der Waals surface area contributed by atoms with Crippen LogP contribution in [0.5, 0.6) is 0 Å². The summed E-state index contributed by atoms with van der Waals surface area (Å²) < 4.78 is 15.5. The van der Waals surface area contributed by atoms with Crippen LogP contribution in [-0.2, 0) is 14.3 Å². The number of ether oxygens (including phenoxy) is 2. The van der Waals surface area contributed by atoms with Gasteiger partial charge in [-0.15, -0.1) is 0 Å². The molecule has 5 rings (SSSR count). The highest BCUT2D eigenvalue weighted by atomic mass is 127. The zero-order chi connectivity index (χ0) is 19.1. The summed E-state index contributed by atoms with van der Waals surface area (Å²) in [6, 6.07) is 1.94. The van der Waals surface area contributed by atoms with Gasteiger partial charge in [0.25, 0.3) is 0 Å². The van der Waals surface area contributed by atoms with E-state index in [4.69, 9.17) is 14.5 Å². The van der Waals surface area contributed by atoms with Crippen LogP contribution in [0, 0.1) is 15.0 Å². The molecule has 0 radical (unpaired) electrons. The van der Waals surface area contributed by atoms with Crippen LogP contribution in [0.1, 0.15) is 26.3 Å². The Morgan fingerprint density at radius 1 is 1.37 bits per heavy atom. The minimum Gasteiger partial charge on any atom is -0.386 e. The average Bonchev–Trinajstić information content (AvgIpc) is 2.95. The van der Waals surface area contributed by atoms with Crippen LogP contribution in [0.15, 0.2) is 12.4 Å². The Morgan fingerprint density at radius 3 is 2.85 bits per heavy atom. The van der Waals surface area contributed by atoms with E-state index in [1.54, 1.807) is 7.05 Å². The Hall–Kier alpha value is -1.46. The number of nitrogens with zero attached hydrogens (tertiary/aromatic N) is 3. The first kappa shape index (κ1) is 17.6. The van der Waals surface area contributed by atoms with Crippen molar-refractivity contribution in [2.45, 2.75) is 44.3 Å². The summed E-state index contributed by atoms with van der Waals surface area (Å²) in [5.41, 5.74) is 2.05. The molecule has 0 bridgehead atoms. The number of imidazole rings is 1. The number of aromatic nitrogens is 3. The van der Waals surface area contributed by atoms with E-state index in [2.05, 4.69) is 42.8 Å². The van der Waals surface area contributed by atoms with Gasteiger partial charge in [0.1, 0.15) is 21.4 Å². The molecule has 0 aromatic carbocycles. The third-order valence-corrected chi connectivity index (χ3v) is 6.74. The predicted octanol–water partition coefficient (Wildman–Crippen LogP) is 1.90. The van der Waals surface area contributed by atoms with E-state index in [9.17, 15) is 4.79 Å². The molecule has 2 aliphatic carbocycles. The molecule has 2 saturated carbocycles. The Labute approximate surface area is 170 Å². The fraction of sp³-hybridized carbons (Fsp3) is 0.611. The summed E-state index contributed by atoms with van der Waals surface area (Å²) in [6.45, 7) is 3.81. The maximum absolute atomic E-state index is 12.8. The normalized spacial score (nSPS) is 35.7. The number of pyridine rings is 1. The molecule has 1 aliphatic heterocycles. The van der Waals surface area contributed by atoms with E-state index in [1.165, 1.54) is 0 Å². The van der Waals surface area contributed by atoms with E-state index < -0.39 is 11.2 Å². The number of rotatable bonds is 3. The largest absolute Gasteiger partial charge is 0.386 e. The first-order valence-electron chi connectivity index (χ1n) is 9.11. The summed E-state index contributed by atoms with van der Waals surface area (Å²) in [5.74, 6) is -0.524. The maximum Gasteiger partial charge on any atom is 0.229 e. The molecule has 2 aromatic rings. The molecule has 5 atom stereocenters. The molecule has 1 saturated heterocycles. The average molecular weight is 483 g/mol. The van der Waals surface area contributed by atoms with Gasteiger partial charge in [0.15, 0.2) is 11.4 Å². The molecular formula is C18H22IN5O3. The van der Waals surface area contributed by atoms with Crippen molar-refractivity contribution in [3.63, 3.8) is 0 Å². The molecular weight excluding hydrogens is 461 g/mol. The minimum atomic E-state index is -0.712. The molecule has 27 heavy (non-hydrogen) atoms. The van der Waals surface area contributed by atoms with Gasteiger partial charge in [-0.05, 0) is 48.9 Å². The topological polar surface area (TPSA) is 90.3 Å². The second kappa shape index (κ2) is 5.54. The zero-order valence-electron chi connectivity index (χ0n) is 15.6. The van der Waals surface area contributed by atoms with E-state index in [0.29, 0.717) is 0 Å². The second-order valence-electron chi connectivity index (χ2n) is 8.01. The summed E-state index contributed by atoms with van der Waals surface area (Å²) in [5, 5.41) is 6.02. The molecule has 1 amide bonds. The fourth-order valence-corrected chi connectivity index (χ4v) is 5.62. The summed E-state index contributed by atoms with van der Waals surface area (Å²) in [7, 11) is 3.56. The fourth-order valence-electron chi connectivity index (χ4n) is 5.08. The minimum absolute atomic E-state index is 0.0329. The smallest absolute Gasteiger partial charge is 0.229 e. The Kier molecular flexibility index (Phi) is 3.62. The van der Waals surface area contributed by atoms with Crippen molar-refractivity contribution < 1.29 is 14.3 Å². The highest BCUT2D eigenvalue weighted by Gasteiger charge is 2.79. The molecule has 0 spiro atoms. The third kappa shape index (κ3) is 2.24. The van der Waals surface area contributed by atoms with Gasteiger partial charge in [-0.1, -0.05) is 0 Å². The summed E-state index contributed by atoms with van der Waals surface area (Å²) >= 11 is 2.21. The lowest BCUT2D eigenvalue weighted by Gasteiger charge is -2.24. The number of carbonyl (C=O) groups excluding carboxylic acids is 1. The number of fused-ring (bicyclic) bond motifs is 4. The highest BCUT2D eigenvalue weighted by Crippen LogP contribution is 2.71. The molecule has 8 nitrogen and oxygen atoms in total. The zero-order valence-corrected chi connectivity index (χ0v) is 17.8. The molecule has 144 valence electrons. The van der Waals surface area contributed by atoms with Crippen molar-refractivity contribution in [1.82, 2.24) is 19.9 Å². The number of anilines is 1. The van der Waals surface area contributed by atoms with E-state index in [0.717, 1.165) is 27.0 Å². The molecule has 3 heterocycles. The van der Waals surface area contributed by atoms with Crippen LogP contribution in [0.25, 0.3) is 11.2 Å². The van der Waals surface area contributed by atoms with Gasteiger partial charge in [0.2, 0.25) is 5.91 Å². The van der Waals surface area contributed by atoms with E-state index in [1.807, 2.05) is 33.3 Å². The standard InChI is InChI=1S/C18H22IN5O3/c1-17(2)26-13-12(8-6-18(8,14(13)27-17)16(25)21-4)24-7-22-11-9(20-3)5-10(19)23-15(11)24/h5,7-8,12-14H,6H2,1-4H3,(H,20,23)(H,21,25)/t8?,12-,13+,14+,18?/m1/s1. The Morgan fingerprint density at radius 2 is 2.15 bits per heavy atom. The van der Waals surface area contributed by atoms with Crippen molar-refractivity contribution in [3.8, 4) is 0 Å². The number of nitrogens with one attached hydrogen (secondary N) is 2. The summed E-state index contributed by atoms with van der Waals surface area (Å²) in [6.07, 6.45) is 2.15. The van der Waals surface area contributed by atoms with Crippen molar-refractivity contribution in [3.05, 3.63) is 16.1 Å². The number of carbonyl (C=O) groups is 1. The molecule has 2 aromatic heterocycles. The van der Waals surface area contributed by atoms with Gasteiger partial charge >= 0.3 is 0 Å². The van der Waals surface area contributed by atoms with Gasteiger partial charge in [-0.3, -0.25) is 4.79 Å². The van der Waals surface area contributed by atoms with Crippen LogP contribution in [0.3, 0.4) is 0 Å². The number of hydrogen-bond donors (Lipinski definition) is 2. The molecule has 9 heteroatoms. The van der Waals surface area contributed by atoms with Gasteiger partial charge in [-0.25, -0.2) is 9.97 Å². The highest BCUT2D eigenvalue weighted by molar-refractivity contribution is 14.1. The molecule has 2 N–H and O–H groups in total. The van der Waals surface area contributed by atoms with Crippen LogP contribution in [0.2, 0.25) is 0 Å². The first-order chi connectivity index (χ1) is 12.8. The van der Waals surface area contributed by atoms with E-state index in [-0.39, 0.29) is 30.1 Å². The molecule has 3 fully saturated rings. The van der Waals surface area contributed by atoms with Gasteiger partial charge in [-0.2, -0.15) is 0 Å². The van der Waals surface area contributed by atoms with E-state index >= 15 is 0 Å². The monoisotopic (exact) mass is 483 g/mol. The van der Waals surface area contributed by atoms with Crippen LogP contribution in [0.4, 0.5) is 5.69 Å². The molecule has 2 unspecified atom stereocenters. The Balaban J connectivity index is 1.65. The van der Waals surface area contributed by atoms with Gasteiger partial charge < -0.3 is 24.7 Å². The number of hydrogen-bond acceptors (Lipinski definition) is 6. The van der Waals surface area contributed by atoms with Gasteiger partial charge in [0.05, 0.1) is 23.5 Å². The number of halogens is 1. The summed E-state index contributed by atoms with van der Waals surface area (Å²) in [4.78, 5) is 22.1. The molecule has 3 aliphatic rings. The van der Waals surface area contributed by atoms with Crippen LogP contribution >= 0.6 is 22.6 Å². The number of amides is 1. The predicted molar refractivity (Wildman–Crippen MR) is 107 cm³/mol.